The summed E-state index contributed by atoms with van der Waals surface area (Å²) in [5, 5.41) is 10.7. The molecule has 0 radical (unpaired) electrons. The predicted molar refractivity (Wildman–Crippen MR) is 77.5 cm³/mol. The fourth-order valence-electron chi connectivity index (χ4n) is 2.23. The molecule has 1 aromatic heterocycles. The van der Waals surface area contributed by atoms with Gasteiger partial charge in [-0.25, -0.2) is 0 Å². The number of thioether (sulfide) groups is 1. The Morgan fingerprint density at radius 3 is 2.84 bits per heavy atom. The average molecular weight is 275 g/mol. The molecule has 0 atom stereocenters. The van der Waals surface area contributed by atoms with Gasteiger partial charge >= 0.3 is 0 Å². The molecule has 100 valence electrons. The van der Waals surface area contributed by atoms with Crippen molar-refractivity contribution in [2.75, 3.05) is 25.6 Å². The van der Waals surface area contributed by atoms with Gasteiger partial charge in [0.15, 0.2) is 0 Å². The van der Waals surface area contributed by atoms with Gasteiger partial charge in [-0.3, -0.25) is 4.98 Å². The Morgan fingerprint density at radius 2 is 2.16 bits per heavy atom. The molecule has 2 aromatic rings. The first kappa shape index (κ1) is 12.9. The standard InChI is InChI=1S/C15H17NO2S/c1-11-6-14(12-4-2-3-5-13(12)16-11)19-10-15(7-17)8-18-9-15/h2-6,17H,7-10H2,1H3. The maximum Gasteiger partial charge on any atom is 0.0716 e. The van der Waals surface area contributed by atoms with Crippen LogP contribution in [0.3, 0.4) is 0 Å². The van der Waals surface area contributed by atoms with Crippen molar-refractivity contribution in [3.8, 4) is 0 Å². The van der Waals surface area contributed by atoms with Crippen LogP contribution in [0.25, 0.3) is 10.9 Å². The van der Waals surface area contributed by atoms with Gasteiger partial charge in [-0.05, 0) is 19.1 Å². The molecule has 1 aliphatic rings. The summed E-state index contributed by atoms with van der Waals surface area (Å²) in [4.78, 5) is 5.79. The van der Waals surface area contributed by atoms with Crippen molar-refractivity contribution >= 4 is 22.7 Å². The molecule has 3 rings (SSSR count). The van der Waals surface area contributed by atoms with E-state index >= 15 is 0 Å². The quantitative estimate of drug-likeness (QED) is 0.871. The van der Waals surface area contributed by atoms with Crippen LogP contribution in [0.15, 0.2) is 35.2 Å². The second-order valence-electron chi connectivity index (χ2n) is 5.22. The molecule has 1 saturated heterocycles. The highest BCUT2D eigenvalue weighted by Gasteiger charge is 2.38. The number of nitrogens with zero attached hydrogens (tertiary/aromatic N) is 1. The van der Waals surface area contributed by atoms with Crippen LogP contribution in [0.5, 0.6) is 0 Å². The van der Waals surface area contributed by atoms with E-state index in [0.717, 1.165) is 17.0 Å². The number of ether oxygens (including phenoxy) is 1. The number of aromatic nitrogens is 1. The van der Waals surface area contributed by atoms with E-state index in [1.165, 1.54) is 10.3 Å². The third kappa shape index (κ3) is 2.48. The number of pyridine rings is 1. The number of para-hydroxylation sites is 1. The normalized spacial score (nSPS) is 17.4. The molecule has 0 amide bonds. The first-order chi connectivity index (χ1) is 9.22. The fourth-order valence-corrected chi connectivity index (χ4v) is 3.53. The minimum Gasteiger partial charge on any atom is -0.396 e. The van der Waals surface area contributed by atoms with Gasteiger partial charge in [-0.15, -0.1) is 11.8 Å². The van der Waals surface area contributed by atoms with Crippen LogP contribution >= 0.6 is 11.8 Å². The Hall–Kier alpha value is -1.10. The van der Waals surface area contributed by atoms with Crippen LogP contribution < -0.4 is 0 Å². The second-order valence-corrected chi connectivity index (χ2v) is 6.24. The lowest BCUT2D eigenvalue weighted by Crippen LogP contribution is -2.47. The van der Waals surface area contributed by atoms with Crippen LogP contribution in [0, 0.1) is 12.3 Å². The van der Waals surface area contributed by atoms with E-state index in [9.17, 15) is 5.11 Å². The average Bonchev–Trinajstić information content (AvgIpc) is 2.37. The van der Waals surface area contributed by atoms with E-state index in [4.69, 9.17) is 4.74 Å². The summed E-state index contributed by atoms with van der Waals surface area (Å²) in [6.07, 6.45) is 0. The van der Waals surface area contributed by atoms with Gasteiger partial charge in [0.1, 0.15) is 0 Å². The van der Waals surface area contributed by atoms with Crippen LogP contribution in [-0.4, -0.2) is 35.7 Å². The zero-order valence-electron chi connectivity index (χ0n) is 10.9. The van der Waals surface area contributed by atoms with Gasteiger partial charge in [0.25, 0.3) is 0 Å². The molecular weight excluding hydrogens is 258 g/mol. The topological polar surface area (TPSA) is 42.4 Å². The Balaban J connectivity index is 1.88. The maximum atomic E-state index is 9.48. The first-order valence-electron chi connectivity index (χ1n) is 6.40. The molecular formula is C15H17NO2S. The Morgan fingerprint density at radius 1 is 1.37 bits per heavy atom. The number of rotatable bonds is 4. The molecule has 19 heavy (non-hydrogen) atoms. The number of benzene rings is 1. The molecule has 0 unspecified atom stereocenters. The van der Waals surface area contributed by atoms with Crippen molar-refractivity contribution in [3.63, 3.8) is 0 Å². The number of aliphatic hydroxyl groups is 1. The number of aryl methyl sites for hydroxylation is 1. The lowest BCUT2D eigenvalue weighted by Gasteiger charge is -2.39. The van der Waals surface area contributed by atoms with E-state index in [1.807, 2.05) is 25.1 Å². The Labute approximate surface area is 117 Å². The Bertz CT molecular complexity index is 590. The van der Waals surface area contributed by atoms with Crippen LogP contribution in [0.4, 0.5) is 0 Å². The van der Waals surface area contributed by atoms with Gasteiger partial charge in [0.05, 0.1) is 25.3 Å². The molecule has 1 fully saturated rings. The molecule has 2 heterocycles. The highest BCUT2D eigenvalue weighted by Crippen LogP contribution is 2.36. The van der Waals surface area contributed by atoms with E-state index < -0.39 is 0 Å². The molecule has 0 bridgehead atoms. The maximum absolute atomic E-state index is 9.48. The highest BCUT2D eigenvalue weighted by molar-refractivity contribution is 7.99. The molecule has 0 saturated carbocycles. The van der Waals surface area contributed by atoms with Gasteiger partial charge in [-0.1, -0.05) is 18.2 Å². The predicted octanol–water partition coefficient (Wildman–Crippen LogP) is 2.64. The van der Waals surface area contributed by atoms with Crippen molar-refractivity contribution in [3.05, 3.63) is 36.0 Å². The zero-order valence-corrected chi connectivity index (χ0v) is 11.7. The summed E-state index contributed by atoms with van der Waals surface area (Å²) < 4.78 is 5.24. The molecule has 1 aromatic carbocycles. The van der Waals surface area contributed by atoms with Crippen molar-refractivity contribution in [1.29, 1.82) is 0 Å². The van der Waals surface area contributed by atoms with Crippen LogP contribution in [0.2, 0.25) is 0 Å². The summed E-state index contributed by atoms with van der Waals surface area (Å²) >= 11 is 1.79. The monoisotopic (exact) mass is 275 g/mol. The van der Waals surface area contributed by atoms with Gasteiger partial charge < -0.3 is 9.84 Å². The first-order valence-corrected chi connectivity index (χ1v) is 7.39. The van der Waals surface area contributed by atoms with Crippen molar-refractivity contribution in [2.24, 2.45) is 5.41 Å². The number of hydrogen-bond acceptors (Lipinski definition) is 4. The van der Waals surface area contributed by atoms with E-state index in [2.05, 4.69) is 17.1 Å². The summed E-state index contributed by atoms with van der Waals surface area (Å²) in [6.45, 7) is 3.55. The lowest BCUT2D eigenvalue weighted by molar-refractivity contribution is -0.121. The smallest absolute Gasteiger partial charge is 0.0716 e. The van der Waals surface area contributed by atoms with Crippen LogP contribution in [-0.2, 0) is 4.74 Å². The highest BCUT2D eigenvalue weighted by atomic mass is 32.2. The summed E-state index contributed by atoms with van der Waals surface area (Å²) in [5.74, 6) is 0.886. The van der Waals surface area contributed by atoms with Crippen molar-refractivity contribution < 1.29 is 9.84 Å². The minimum absolute atomic E-state index is 0.0526. The largest absolute Gasteiger partial charge is 0.396 e. The SMILES string of the molecule is Cc1cc(SCC2(CO)COC2)c2ccccc2n1. The molecule has 0 aliphatic carbocycles. The summed E-state index contributed by atoms with van der Waals surface area (Å²) in [7, 11) is 0. The third-order valence-corrected chi connectivity index (χ3v) is 4.90. The van der Waals surface area contributed by atoms with Crippen LogP contribution in [0.1, 0.15) is 5.69 Å². The van der Waals surface area contributed by atoms with Crippen molar-refractivity contribution in [2.45, 2.75) is 11.8 Å². The van der Waals surface area contributed by atoms with Gasteiger partial charge in [0, 0.05) is 27.1 Å². The van der Waals surface area contributed by atoms with Crippen molar-refractivity contribution in [1.82, 2.24) is 4.98 Å². The molecule has 0 spiro atoms. The Kier molecular flexibility index (Phi) is 3.48. The molecule has 1 aliphatic heterocycles. The summed E-state index contributed by atoms with van der Waals surface area (Å²) in [5.41, 5.74) is 2.01. The second kappa shape index (κ2) is 5.12. The zero-order chi connectivity index (χ0) is 13.3. The number of hydrogen-bond donors (Lipinski definition) is 1. The summed E-state index contributed by atoms with van der Waals surface area (Å²) in [6, 6.07) is 10.3. The minimum atomic E-state index is -0.0526. The molecule has 4 heteroatoms. The number of fused-ring (bicyclic) bond motifs is 1. The van der Waals surface area contributed by atoms with E-state index in [-0.39, 0.29) is 12.0 Å². The fraction of sp³-hybridized carbons (Fsp3) is 0.400. The lowest BCUT2D eigenvalue weighted by atomic mass is 9.90. The van der Waals surface area contributed by atoms with Gasteiger partial charge in [0.2, 0.25) is 0 Å². The molecule has 3 nitrogen and oxygen atoms in total. The number of aliphatic hydroxyl groups excluding tert-OH is 1. The third-order valence-electron chi connectivity index (χ3n) is 3.49. The van der Waals surface area contributed by atoms with Gasteiger partial charge in [-0.2, -0.15) is 0 Å². The van der Waals surface area contributed by atoms with E-state index in [1.54, 1.807) is 11.8 Å². The van der Waals surface area contributed by atoms with E-state index in [0.29, 0.717) is 13.2 Å². The molecule has 1 N–H and O–H groups in total.